The van der Waals surface area contributed by atoms with Crippen molar-refractivity contribution in [2.75, 3.05) is 0 Å². The van der Waals surface area contributed by atoms with Gasteiger partial charge < -0.3 is 4.74 Å². The third-order valence-corrected chi connectivity index (χ3v) is 3.03. The lowest BCUT2D eigenvalue weighted by molar-refractivity contribution is 0.0734. The van der Waals surface area contributed by atoms with Gasteiger partial charge in [-0.05, 0) is 54.8 Å². The Morgan fingerprint density at radius 2 is 1.70 bits per heavy atom. The summed E-state index contributed by atoms with van der Waals surface area (Å²) >= 11 is 0. The van der Waals surface area contributed by atoms with Crippen LogP contribution in [0.1, 0.15) is 35.7 Å². The lowest BCUT2D eigenvalue weighted by Gasteiger charge is -2.05. The summed E-state index contributed by atoms with van der Waals surface area (Å²) in [5.41, 5.74) is 1.71. The zero-order valence-electron chi connectivity index (χ0n) is 11.4. The van der Waals surface area contributed by atoms with Crippen molar-refractivity contribution >= 4 is 5.97 Å². The fourth-order valence-electron chi connectivity index (χ4n) is 1.86. The van der Waals surface area contributed by atoms with Crippen molar-refractivity contribution in [3.8, 4) is 5.75 Å². The Balaban J connectivity index is 2.00. The van der Waals surface area contributed by atoms with Gasteiger partial charge in [0.25, 0.3) is 0 Å². The van der Waals surface area contributed by atoms with Crippen LogP contribution in [0.5, 0.6) is 5.75 Å². The maximum atomic E-state index is 12.8. The van der Waals surface area contributed by atoms with Crippen molar-refractivity contribution in [2.45, 2.75) is 26.2 Å². The van der Waals surface area contributed by atoms with Crippen LogP contribution in [0.3, 0.4) is 0 Å². The van der Waals surface area contributed by atoms with Gasteiger partial charge in [-0.15, -0.1) is 0 Å². The lowest BCUT2D eigenvalue weighted by Crippen LogP contribution is -2.08. The SMILES string of the molecule is CCCCc1ccc(C(=O)Oc2ccc(F)cc2)cc1. The highest BCUT2D eigenvalue weighted by molar-refractivity contribution is 5.91. The third kappa shape index (κ3) is 3.92. The molecule has 20 heavy (non-hydrogen) atoms. The smallest absolute Gasteiger partial charge is 0.343 e. The summed E-state index contributed by atoms with van der Waals surface area (Å²) in [5, 5.41) is 0. The van der Waals surface area contributed by atoms with Crippen molar-refractivity contribution < 1.29 is 13.9 Å². The Morgan fingerprint density at radius 3 is 2.30 bits per heavy atom. The maximum Gasteiger partial charge on any atom is 0.343 e. The average molecular weight is 272 g/mol. The molecule has 0 radical (unpaired) electrons. The molecular weight excluding hydrogens is 255 g/mol. The van der Waals surface area contributed by atoms with Crippen molar-refractivity contribution in [3.05, 3.63) is 65.5 Å². The molecule has 0 unspecified atom stereocenters. The number of carbonyl (C=O) groups is 1. The quantitative estimate of drug-likeness (QED) is 0.596. The number of unbranched alkanes of at least 4 members (excludes halogenated alkanes) is 1. The van der Waals surface area contributed by atoms with Gasteiger partial charge >= 0.3 is 5.97 Å². The van der Waals surface area contributed by atoms with E-state index in [0.717, 1.165) is 19.3 Å². The second kappa shape index (κ2) is 6.85. The number of benzene rings is 2. The minimum atomic E-state index is -0.432. The number of carbonyl (C=O) groups excluding carboxylic acids is 1. The molecule has 0 N–H and O–H groups in total. The largest absolute Gasteiger partial charge is 0.423 e. The van der Waals surface area contributed by atoms with Gasteiger partial charge in [0, 0.05) is 0 Å². The average Bonchev–Trinajstić information content (AvgIpc) is 2.48. The van der Waals surface area contributed by atoms with Crippen LogP contribution in [-0.2, 0) is 6.42 Å². The topological polar surface area (TPSA) is 26.3 Å². The first kappa shape index (κ1) is 14.3. The van der Waals surface area contributed by atoms with Gasteiger partial charge in [-0.2, -0.15) is 0 Å². The highest BCUT2D eigenvalue weighted by Crippen LogP contribution is 2.14. The molecule has 0 saturated heterocycles. The molecule has 0 spiro atoms. The van der Waals surface area contributed by atoms with Crippen LogP contribution in [0, 0.1) is 5.82 Å². The normalized spacial score (nSPS) is 10.3. The molecule has 2 aromatic carbocycles. The van der Waals surface area contributed by atoms with E-state index < -0.39 is 5.97 Å². The van der Waals surface area contributed by atoms with Gasteiger partial charge in [-0.1, -0.05) is 25.5 Å². The standard InChI is InChI=1S/C17H17FO2/c1-2-3-4-13-5-7-14(8-6-13)17(19)20-16-11-9-15(18)10-12-16/h5-12H,2-4H2,1H3. The summed E-state index contributed by atoms with van der Waals surface area (Å²) in [5.74, 6) is -0.449. The molecule has 0 heterocycles. The lowest BCUT2D eigenvalue weighted by atomic mass is 10.1. The molecule has 3 heteroatoms. The van der Waals surface area contributed by atoms with Crippen LogP contribution in [0.25, 0.3) is 0 Å². The van der Waals surface area contributed by atoms with Gasteiger partial charge in [0.05, 0.1) is 5.56 Å². The molecule has 0 aliphatic carbocycles. The first-order valence-electron chi connectivity index (χ1n) is 6.75. The van der Waals surface area contributed by atoms with E-state index in [-0.39, 0.29) is 5.82 Å². The Labute approximate surface area is 118 Å². The van der Waals surface area contributed by atoms with E-state index in [1.54, 1.807) is 12.1 Å². The Kier molecular flexibility index (Phi) is 4.88. The van der Waals surface area contributed by atoms with Crippen LogP contribution in [-0.4, -0.2) is 5.97 Å². The monoisotopic (exact) mass is 272 g/mol. The molecule has 0 atom stereocenters. The zero-order chi connectivity index (χ0) is 14.4. The van der Waals surface area contributed by atoms with Crippen LogP contribution < -0.4 is 4.74 Å². The number of esters is 1. The number of ether oxygens (including phenoxy) is 1. The van der Waals surface area contributed by atoms with Crippen LogP contribution in [0.4, 0.5) is 4.39 Å². The molecule has 2 aromatic rings. The summed E-state index contributed by atoms with van der Waals surface area (Å²) in [7, 11) is 0. The highest BCUT2D eigenvalue weighted by atomic mass is 19.1. The number of hydrogen-bond donors (Lipinski definition) is 0. The van der Waals surface area contributed by atoms with Crippen molar-refractivity contribution in [1.29, 1.82) is 0 Å². The molecule has 2 nitrogen and oxygen atoms in total. The Morgan fingerprint density at radius 1 is 1.05 bits per heavy atom. The first-order chi connectivity index (χ1) is 9.69. The van der Waals surface area contributed by atoms with E-state index >= 15 is 0 Å². The fourth-order valence-corrected chi connectivity index (χ4v) is 1.86. The highest BCUT2D eigenvalue weighted by Gasteiger charge is 2.08. The predicted octanol–water partition coefficient (Wildman–Crippen LogP) is 4.39. The van der Waals surface area contributed by atoms with Crippen molar-refractivity contribution in [3.63, 3.8) is 0 Å². The molecule has 0 aliphatic rings. The number of hydrogen-bond acceptors (Lipinski definition) is 2. The number of halogens is 1. The fraction of sp³-hybridized carbons (Fsp3) is 0.235. The van der Waals surface area contributed by atoms with Crippen LogP contribution in [0.15, 0.2) is 48.5 Å². The van der Waals surface area contributed by atoms with Crippen LogP contribution >= 0.6 is 0 Å². The predicted molar refractivity (Wildman–Crippen MR) is 76.4 cm³/mol. The second-order valence-corrected chi connectivity index (χ2v) is 4.64. The molecule has 0 bridgehead atoms. The second-order valence-electron chi connectivity index (χ2n) is 4.64. The minimum absolute atomic E-state index is 0.339. The van der Waals surface area contributed by atoms with E-state index in [2.05, 4.69) is 6.92 Å². The zero-order valence-corrected chi connectivity index (χ0v) is 11.4. The molecule has 0 fully saturated rings. The molecule has 2 rings (SSSR count). The molecule has 0 saturated carbocycles. The summed E-state index contributed by atoms with van der Waals surface area (Å²) in [6.07, 6.45) is 3.30. The van der Waals surface area contributed by atoms with Gasteiger partial charge in [0.15, 0.2) is 0 Å². The molecule has 104 valence electrons. The van der Waals surface area contributed by atoms with Crippen LogP contribution in [0.2, 0.25) is 0 Å². The number of aryl methyl sites for hydroxylation is 1. The third-order valence-electron chi connectivity index (χ3n) is 3.03. The molecular formula is C17H17FO2. The molecule has 0 amide bonds. The van der Waals surface area contributed by atoms with Gasteiger partial charge in [0.1, 0.15) is 11.6 Å². The summed E-state index contributed by atoms with van der Waals surface area (Å²) < 4.78 is 17.9. The summed E-state index contributed by atoms with van der Waals surface area (Å²) in [6.45, 7) is 2.15. The minimum Gasteiger partial charge on any atom is -0.423 e. The Hall–Kier alpha value is -2.16. The van der Waals surface area contributed by atoms with E-state index in [0.29, 0.717) is 11.3 Å². The summed E-state index contributed by atoms with van der Waals surface area (Å²) in [6, 6.07) is 12.8. The van der Waals surface area contributed by atoms with E-state index in [1.165, 1.54) is 29.8 Å². The molecule has 0 aliphatic heterocycles. The Bertz CT molecular complexity index is 559. The van der Waals surface area contributed by atoms with E-state index in [4.69, 9.17) is 4.74 Å². The first-order valence-corrected chi connectivity index (χ1v) is 6.75. The van der Waals surface area contributed by atoms with Gasteiger partial charge in [-0.3, -0.25) is 0 Å². The maximum absolute atomic E-state index is 12.8. The van der Waals surface area contributed by atoms with Crippen molar-refractivity contribution in [1.82, 2.24) is 0 Å². The van der Waals surface area contributed by atoms with Gasteiger partial charge in [0.2, 0.25) is 0 Å². The van der Waals surface area contributed by atoms with E-state index in [1.807, 2.05) is 12.1 Å². The van der Waals surface area contributed by atoms with Crippen molar-refractivity contribution in [2.24, 2.45) is 0 Å². The summed E-state index contributed by atoms with van der Waals surface area (Å²) in [4.78, 5) is 11.9. The van der Waals surface area contributed by atoms with E-state index in [9.17, 15) is 9.18 Å². The molecule has 0 aromatic heterocycles. The van der Waals surface area contributed by atoms with Gasteiger partial charge in [-0.25, -0.2) is 9.18 Å². The number of rotatable bonds is 5.